The van der Waals surface area contributed by atoms with E-state index in [1.165, 1.54) is 28.2 Å². The van der Waals surface area contributed by atoms with Crippen LogP contribution in [0.4, 0.5) is 13.2 Å². The van der Waals surface area contributed by atoms with E-state index >= 15 is 0 Å². The van der Waals surface area contributed by atoms with E-state index in [0.717, 1.165) is 30.6 Å². The molecule has 1 aromatic carbocycles. The third kappa shape index (κ3) is 2.97. The Bertz CT molecular complexity index is 619. The fraction of sp³-hybridized carbons (Fsp3) is 0.375. The molecule has 0 nitrogen and oxygen atoms in total. The predicted octanol–water partition coefficient (Wildman–Crippen LogP) is 5.76. The van der Waals surface area contributed by atoms with Gasteiger partial charge >= 0.3 is 0 Å². The number of aryl methyl sites for hydroxylation is 2. The van der Waals surface area contributed by atoms with E-state index in [4.69, 9.17) is 11.6 Å². The highest BCUT2D eigenvalue weighted by atomic mass is 35.5. The molecule has 0 N–H and O–H groups in total. The summed E-state index contributed by atoms with van der Waals surface area (Å²) in [5.41, 5.74) is 0.968. The van der Waals surface area contributed by atoms with Gasteiger partial charge in [0.05, 0.1) is 5.38 Å². The van der Waals surface area contributed by atoms with Crippen molar-refractivity contribution >= 4 is 22.9 Å². The van der Waals surface area contributed by atoms with Gasteiger partial charge in [-0.05, 0) is 37.3 Å². The molecule has 0 radical (unpaired) electrons. The van der Waals surface area contributed by atoms with E-state index in [-0.39, 0.29) is 5.56 Å². The highest BCUT2D eigenvalue weighted by Crippen LogP contribution is 2.39. The maximum atomic E-state index is 13.8. The summed E-state index contributed by atoms with van der Waals surface area (Å²) >= 11 is 7.78. The van der Waals surface area contributed by atoms with Crippen molar-refractivity contribution in [3.63, 3.8) is 0 Å². The molecule has 0 saturated carbocycles. The Morgan fingerprint density at radius 2 is 1.62 bits per heavy atom. The van der Waals surface area contributed by atoms with Gasteiger partial charge in [-0.15, -0.1) is 22.9 Å². The fourth-order valence-electron chi connectivity index (χ4n) is 2.75. The number of rotatable bonds is 2. The molecule has 112 valence electrons. The molecular formula is C16H14ClF3S. The summed E-state index contributed by atoms with van der Waals surface area (Å²) < 4.78 is 40.7. The molecule has 1 atom stereocenters. The number of fused-ring (bicyclic) bond motifs is 1. The average Bonchev–Trinajstić information content (AvgIpc) is 2.69. The number of halogens is 4. The molecule has 0 saturated heterocycles. The van der Waals surface area contributed by atoms with E-state index in [1.54, 1.807) is 0 Å². The van der Waals surface area contributed by atoms with Gasteiger partial charge in [0.1, 0.15) is 17.5 Å². The molecule has 2 aromatic rings. The zero-order chi connectivity index (χ0) is 15.0. The third-order valence-corrected chi connectivity index (χ3v) is 5.70. The van der Waals surface area contributed by atoms with Crippen LogP contribution in [0, 0.1) is 17.5 Å². The SMILES string of the molecule is Fc1cc(F)c(C(Cl)c2cc3c(s2)CCCCC3)c(F)c1. The molecule has 0 bridgehead atoms. The minimum Gasteiger partial charge on any atom is -0.207 e. The summed E-state index contributed by atoms with van der Waals surface area (Å²) in [5, 5.41) is -0.914. The van der Waals surface area contributed by atoms with Crippen molar-refractivity contribution in [1.82, 2.24) is 0 Å². The molecule has 0 amide bonds. The van der Waals surface area contributed by atoms with Crippen LogP contribution in [0.15, 0.2) is 18.2 Å². The lowest BCUT2D eigenvalue weighted by molar-refractivity contribution is 0.526. The van der Waals surface area contributed by atoms with Crippen molar-refractivity contribution in [1.29, 1.82) is 0 Å². The van der Waals surface area contributed by atoms with Gasteiger partial charge in [0, 0.05) is 27.5 Å². The van der Waals surface area contributed by atoms with Crippen LogP contribution in [0.5, 0.6) is 0 Å². The van der Waals surface area contributed by atoms with Crippen LogP contribution in [-0.2, 0) is 12.8 Å². The lowest BCUT2D eigenvalue weighted by atomic mass is 10.1. The maximum Gasteiger partial charge on any atom is 0.134 e. The smallest absolute Gasteiger partial charge is 0.134 e. The van der Waals surface area contributed by atoms with E-state index < -0.39 is 22.8 Å². The molecule has 21 heavy (non-hydrogen) atoms. The van der Waals surface area contributed by atoms with Gasteiger partial charge in [0.25, 0.3) is 0 Å². The Morgan fingerprint density at radius 1 is 0.952 bits per heavy atom. The highest BCUT2D eigenvalue weighted by molar-refractivity contribution is 7.12. The first-order valence-electron chi connectivity index (χ1n) is 6.96. The second-order valence-electron chi connectivity index (χ2n) is 5.30. The number of hydrogen-bond donors (Lipinski definition) is 0. The summed E-state index contributed by atoms with van der Waals surface area (Å²) in [4.78, 5) is 1.99. The highest BCUT2D eigenvalue weighted by Gasteiger charge is 2.24. The van der Waals surface area contributed by atoms with Crippen molar-refractivity contribution < 1.29 is 13.2 Å². The van der Waals surface area contributed by atoms with Crippen molar-refractivity contribution in [2.45, 2.75) is 37.5 Å². The van der Waals surface area contributed by atoms with E-state index in [1.807, 2.05) is 6.07 Å². The number of thiophene rings is 1. The van der Waals surface area contributed by atoms with E-state index in [2.05, 4.69) is 0 Å². The molecular weight excluding hydrogens is 317 g/mol. The van der Waals surface area contributed by atoms with Crippen LogP contribution in [0.1, 0.15) is 45.5 Å². The first-order chi connectivity index (χ1) is 10.1. The summed E-state index contributed by atoms with van der Waals surface area (Å²) in [6.07, 6.45) is 5.47. The average molecular weight is 331 g/mol. The Labute approximate surface area is 130 Å². The van der Waals surface area contributed by atoms with Crippen LogP contribution < -0.4 is 0 Å². The number of alkyl halides is 1. The fourth-order valence-corrected chi connectivity index (χ4v) is 4.40. The molecule has 0 fully saturated rings. The summed E-state index contributed by atoms with van der Waals surface area (Å²) in [7, 11) is 0. The molecule has 1 heterocycles. The van der Waals surface area contributed by atoms with Crippen molar-refractivity contribution in [3.8, 4) is 0 Å². The Morgan fingerprint density at radius 3 is 2.33 bits per heavy atom. The van der Waals surface area contributed by atoms with Gasteiger partial charge in [-0.3, -0.25) is 0 Å². The summed E-state index contributed by atoms with van der Waals surface area (Å²) in [5.74, 6) is -2.80. The van der Waals surface area contributed by atoms with Gasteiger partial charge in [-0.25, -0.2) is 13.2 Å². The molecule has 1 aliphatic carbocycles. The lowest BCUT2D eigenvalue weighted by Gasteiger charge is -2.10. The van der Waals surface area contributed by atoms with Gasteiger partial charge in [-0.2, -0.15) is 0 Å². The van der Waals surface area contributed by atoms with Crippen molar-refractivity contribution in [2.75, 3.05) is 0 Å². The summed E-state index contributed by atoms with van der Waals surface area (Å²) in [6, 6.07) is 3.30. The quantitative estimate of drug-likeness (QED) is 0.485. The molecule has 5 heteroatoms. The summed E-state index contributed by atoms with van der Waals surface area (Å²) in [6.45, 7) is 0. The van der Waals surface area contributed by atoms with Gasteiger partial charge in [0.15, 0.2) is 0 Å². The molecule has 1 aliphatic rings. The maximum absolute atomic E-state index is 13.8. The molecule has 0 aliphatic heterocycles. The van der Waals surface area contributed by atoms with Gasteiger partial charge < -0.3 is 0 Å². The minimum absolute atomic E-state index is 0.269. The van der Waals surface area contributed by atoms with Crippen LogP contribution in [0.3, 0.4) is 0 Å². The molecule has 0 spiro atoms. The molecule has 3 rings (SSSR count). The Hall–Kier alpha value is -1.00. The topological polar surface area (TPSA) is 0 Å². The Kier molecular flexibility index (Phi) is 4.27. The Balaban J connectivity index is 1.97. The van der Waals surface area contributed by atoms with Crippen LogP contribution in [0.25, 0.3) is 0 Å². The standard InChI is InChI=1S/C16H14ClF3S/c17-16(15-11(19)7-10(18)8-12(15)20)14-6-9-4-2-1-3-5-13(9)21-14/h6-8,16H,1-5H2. The first kappa shape index (κ1) is 14.9. The van der Waals surface area contributed by atoms with E-state index in [9.17, 15) is 13.2 Å². The second kappa shape index (κ2) is 6.01. The van der Waals surface area contributed by atoms with Crippen LogP contribution >= 0.6 is 22.9 Å². The zero-order valence-corrected chi connectivity index (χ0v) is 12.8. The van der Waals surface area contributed by atoms with Crippen LogP contribution in [0.2, 0.25) is 0 Å². The van der Waals surface area contributed by atoms with Crippen molar-refractivity contribution in [2.24, 2.45) is 0 Å². The van der Waals surface area contributed by atoms with Crippen LogP contribution in [-0.4, -0.2) is 0 Å². The number of benzene rings is 1. The largest absolute Gasteiger partial charge is 0.207 e. The monoisotopic (exact) mass is 330 g/mol. The lowest BCUT2D eigenvalue weighted by Crippen LogP contribution is -2.01. The predicted molar refractivity (Wildman–Crippen MR) is 79.6 cm³/mol. The third-order valence-electron chi connectivity index (χ3n) is 3.81. The normalized spacial score (nSPS) is 16.4. The van der Waals surface area contributed by atoms with Crippen molar-refractivity contribution in [3.05, 3.63) is 56.5 Å². The minimum atomic E-state index is -0.934. The second-order valence-corrected chi connectivity index (χ2v) is 6.91. The number of hydrogen-bond acceptors (Lipinski definition) is 1. The first-order valence-corrected chi connectivity index (χ1v) is 8.21. The van der Waals surface area contributed by atoms with E-state index in [0.29, 0.717) is 12.1 Å². The molecule has 1 aromatic heterocycles. The molecule has 1 unspecified atom stereocenters. The van der Waals surface area contributed by atoms with Gasteiger partial charge in [0.2, 0.25) is 0 Å². The zero-order valence-electron chi connectivity index (χ0n) is 11.3. The van der Waals surface area contributed by atoms with Gasteiger partial charge in [-0.1, -0.05) is 6.42 Å².